The molecule has 3 aromatic heterocycles. The second kappa shape index (κ2) is 7.15. The maximum absolute atomic E-state index is 5.97. The predicted octanol–water partition coefficient (Wildman–Crippen LogP) is 4.65. The van der Waals surface area contributed by atoms with Gasteiger partial charge in [0.05, 0.1) is 6.10 Å². The van der Waals surface area contributed by atoms with Crippen molar-refractivity contribution in [3.05, 3.63) is 66.1 Å². The average molecular weight is 361 g/mol. The zero-order valence-corrected chi connectivity index (χ0v) is 15.7. The summed E-state index contributed by atoms with van der Waals surface area (Å²) in [7, 11) is 0. The van der Waals surface area contributed by atoms with E-state index in [9.17, 15) is 0 Å². The number of H-pyrrole nitrogens is 1. The van der Waals surface area contributed by atoms with Gasteiger partial charge in [-0.1, -0.05) is 6.07 Å². The standard InChI is InChI=1S/C21H23N5O/c1-14(2)27-21-18-7-6-16(13-26-8-4-5-9-26)11-17(18)12-19(23-21)22-20-10-15(3)24-25-20/h4-12,14H,13H2,1-3H3,(H2,22,23,24,25). The molecule has 0 saturated heterocycles. The van der Waals surface area contributed by atoms with E-state index >= 15 is 0 Å². The highest BCUT2D eigenvalue weighted by Crippen LogP contribution is 2.29. The summed E-state index contributed by atoms with van der Waals surface area (Å²) >= 11 is 0. The number of hydrogen-bond acceptors (Lipinski definition) is 4. The summed E-state index contributed by atoms with van der Waals surface area (Å²) in [6, 6.07) is 14.4. The Balaban J connectivity index is 1.73. The first-order valence-corrected chi connectivity index (χ1v) is 9.07. The largest absolute Gasteiger partial charge is 0.474 e. The van der Waals surface area contributed by atoms with Gasteiger partial charge < -0.3 is 14.6 Å². The number of nitrogens with zero attached hydrogens (tertiary/aromatic N) is 3. The number of nitrogens with one attached hydrogen (secondary N) is 2. The predicted molar refractivity (Wildman–Crippen MR) is 108 cm³/mol. The fourth-order valence-electron chi connectivity index (χ4n) is 3.05. The third-order valence-corrected chi connectivity index (χ3v) is 4.20. The van der Waals surface area contributed by atoms with Gasteiger partial charge in [0, 0.05) is 36.1 Å². The molecule has 27 heavy (non-hydrogen) atoms. The molecular weight excluding hydrogens is 338 g/mol. The Labute approximate surface area is 158 Å². The number of hydrogen-bond donors (Lipinski definition) is 2. The Kier molecular flexibility index (Phi) is 4.54. The van der Waals surface area contributed by atoms with Crippen LogP contribution in [0.1, 0.15) is 25.1 Å². The first-order chi connectivity index (χ1) is 13.1. The van der Waals surface area contributed by atoms with Crippen molar-refractivity contribution in [2.45, 2.75) is 33.4 Å². The molecule has 0 radical (unpaired) electrons. The number of fused-ring (bicyclic) bond motifs is 1. The monoisotopic (exact) mass is 361 g/mol. The van der Waals surface area contributed by atoms with Crippen LogP contribution in [0.3, 0.4) is 0 Å². The third-order valence-electron chi connectivity index (χ3n) is 4.20. The highest BCUT2D eigenvalue weighted by molar-refractivity contribution is 5.90. The molecule has 0 bridgehead atoms. The number of benzene rings is 1. The van der Waals surface area contributed by atoms with E-state index in [2.05, 4.69) is 55.7 Å². The molecule has 2 N–H and O–H groups in total. The Morgan fingerprint density at radius 2 is 1.93 bits per heavy atom. The van der Waals surface area contributed by atoms with Crippen LogP contribution in [0.25, 0.3) is 10.8 Å². The molecular formula is C21H23N5O. The van der Waals surface area contributed by atoms with Gasteiger partial charge in [0.25, 0.3) is 0 Å². The van der Waals surface area contributed by atoms with E-state index in [1.165, 1.54) is 5.56 Å². The fraction of sp³-hybridized carbons (Fsp3) is 0.238. The number of aromatic amines is 1. The van der Waals surface area contributed by atoms with Crippen LogP contribution in [0.5, 0.6) is 5.88 Å². The van der Waals surface area contributed by atoms with Crippen LogP contribution >= 0.6 is 0 Å². The average Bonchev–Trinajstić information content (AvgIpc) is 3.26. The number of pyridine rings is 1. The molecule has 6 heteroatoms. The van der Waals surface area contributed by atoms with E-state index in [-0.39, 0.29) is 6.10 Å². The lowest BCUT2D eigenvalue weighted by molar-refractivity contribution is 0.236. The molecule has 6 nitrogen and oxygen atoms in total. The zero-order chi connectivity index (χ0) is 18.8. The van der Waals surface area contributed by atoms with Crippen LogP contribution in [-0.4, -0.2) is 25.9 Å². The van der Waals surface area contributed by atoms with Crippen LogP contribution < -0.4 is 10.1 Å². The van der Waals surface area contributed by atoms with Gasteiger partial charge in [-0.15, -0.1) is 0 Å². The Morgan fingerprint density at radius 3 is 2.63 bits per heavy atom. The molecule has 4 rings (SSSR count). The number of rotatable bonds is 6. The van der Waals surface area contributed by atoms with Crippen molar-refractivity contribution in [2.24, 2.45) is 0 Å². The van der Waals surface area contributed by atoms with Crippen LogP contribution in [0.4, 0.5) is 11.6 Å². The van der Waals surface area contributed by atoms with E-state index in [1.54, 1.807) is 0 Å². The molecule has 0 unspecified atom stereocenters. The molecule has 0 aliphatic carbocycles. The van der Waals surface area contributed by atoms with Crippen molar-refractivity contribution in [1.82, 2.24) is 19.7 Å². The van der Waals surface area contributed by atoms with E-state index in [0.717, 1.165) is 28.8 Å². The lowest BCUT2D eigenvalue weighted by Gasteiger charge is -2.14. The molecule has 0 fully saturated rings. The van der Waals surface area contributed by atoms with Crippen molar-refractivity contribution in [2.75, 3.05) is 5.32 Å². The molecule has 1 aromatic carbocycles. The lowest BCUT2D eigenvalue weighted by Crippen LogP contribution is -2.08. The minimum absolute atomic E-state index is 0.0446. The first kappa shape index (κ1) is 17.1. The molecule has 0 aliphatic heterocycles. The highest BCUT2D eigenvalue weighted by Gasteiger charge is 2.11. The van der Waals surface area contributed by atoms with Crippen molar-refractivity contribution >= 4 is 22.4 Å². The van der Waals surface area contributed by atoms with Crippen LogP contribution in [0.15, 0.2) is 54.9 Å². The van der Waals surface area contributed by atoms with Crippen LogP contribution in [-0.2, 0) is 6.54 Å². The van der Waals surface area contributed by atoms with Gasteiger partial charge >= 0.3 is 0 Å². The van der Waals surface area contributed by atoms with Gasteiger partial charge in [0.15, 0.2) is 5.82 Å². The minimum Gasteiger partial charge on any atom is -0.474 e. The summed E-state index contributed by atoms with van der Waals surface area (Å²) in [5.41, 5.74) is 2.22. The summed E-state index contributed by atoms with van der Waals surface area (Å²) in [6.07, 6.45) is 4.18. The summed E-state index contributed by atoms with van der Waals surface area (Å²) in [6.45, 7) is 6.80. The molecule has 0 amide bonds. The van der Waals surface area contributed by atoms with Gasteiger partial charge in [-0.25, -0.2) is 0 Å². The zero-order valence-electron chi connectivity index (χ0n) is 15.7. The molecule has 138 valence electrons. The van der Waals surface area contributed by atoms with Gasteiger partial charge in [-0.3, -0.25) is 5.10 Å². The van der Waals surface area contributed by atoms with E-state index in [0.29, 0.717) is 11.7 Å². The van der Waals surface area contributed by atoms with Crippen LogP contribution in [0, 0.1) is 6.92 Å². The second-order valence-corrected chi connectivity index (χ2v) is 6.95. The van der Waals surface area contributed by atoms with Crippen molar-refractivity contribution in [1.29, 1.82) is 0 Å². The number of ether oxygens (including phenoxy) is 1. The van der Waals surface area contributed by atoms with Crippen molar-refractivity contribution < 1.29 is 4.74 Å². The molecule has 0 atom stereocenters. The third kappa shape index (κ3) is 3.95. The van der Waals surface area contributed by atoms with Gasteiger partial charge in [0.2, 0.25) is 5.88 Å². The smallest absolute Gasteiger partial charge is 0.223 e. The minimum atomic E-state index is 0.0446. The number of aryl methyl sites for hydroxylation is 1. The molecule has 0 spiro atoms. The second-order valence-electron chi connectivity index (χ2n) is 6.95. The maximum Gasteiger partial charge on any atom is 0.223 e. The van der Waals surface area contributed by atoms with E-state index in [1.807, 2.05) is 45.0 Å². The number of anilines is 2. The quantitative estimate of drug-likeness (QED) is 0.525. The Morgan fingerprint density at radius 1 is 1.11 bits per heavy atom. The molecule has 4 aromatic rings. The Bertz CT molecular complexity index is 1050. The van der Waals surface area contributed by atoms with Gasteiger partial charge in [-0.05, 0) is 62.1 Å². The topological polar surface area (TPSA) is 67.8 Å². The first-order valence-electron chi connectivity index (χ1n) is 9.07. The molecule has 3 heterocycles. The lowest BCUT2D eigenvalue weighted by atomic mass is 10.1. The van der Waals surface area contributed by atoms with Crippen LogP contribution in [0.2, 0.25) is 0 Å². The van der Waals surface area contributed by atoms with Crippen molar-refractivity contribution in [3.8, 4) is 5.88 Å². The Hall–Kier alpha value is -3.28. The fourth-order valence-corrected chi connectivity index (χ4v) is 3.05. The summed E-state index contributed by atoms with van der Waals surface area (Å²) in [5.74, 6) is 2.07. The van der Waals surface area contributed by atoms with Gasteiger partial charge in [-0.2, -0.15) is 10.1 Å². The summed E-state index contributed by atoms with van der Waals surface area (Å²) < 4.78 is 8.12. The van der Waals surface area contributed by atoms with E-state index in [4.69, 9.17) is 4.74 Å². The van der Waals surface area contributed by atoms with Crippen molar-refractivity contribution in [3.63, 3.8) is 0 Å². The molecule has 0 aliphatic rings. The number of aromatic nitrogens is 4. The van der Waals surface area contributed by atoms with Gasteiger partial charge in [0.1, 0.15) is 5.82 Å². The summed E-state index contributed by atoms with van der Waals surface area (Å²) in [4.78, 5) is 4.66. The molecule has 0 saturated carbocycles. The summed E-state index contributed by atoms with van der Waals surface area (Å²) in [5, 5.41) is 12.5. The normalized spacial score (nSPS) is 11.3. The highest BCUT2D eigenvalue weighted by atomic mass is 16.5. The van der Waals surface area contributed by atoms with E-state index < -0.39 is 0 Å². The SMILES string of the molecule is Cc1cc(Nc2cc3cc(Cn4cccc4)ccc3c(OC(C)C)n2)n[nH]1. The maximum atomic E-state index is 5.97.